The average Bonchev–Trinajstić information content (AvgIpc) is 3.13. The van der Waals surface area contributed by atoms with Crippen molar-refractivity contribution in [3.63, 3.8) is 0 Å². The summed E-state index contributed by atoms with van der Waals surface area (Å²) in [6.45, 7) is 1.66. The first-order valence-corrected chi connectivity index (χ1v) is 7.18. The Hall–Kier alpha value is -2.11. The standard InChI is InChI=1S/C15H13ClN4O/c16-12-7-6-11(21-12)14-18-19-15-13(17-8-9-20(14)15)10-4-2-1-3-5-10/h1-7,13,17H,8-9H2. The van der Waals surface area contributed by atoms with Crippen LogP contribution in [0.2, 0.25) is 5.22 Å². The van der Waals surface area contributed by atoms with Gasteiger partial charge < -0.3 is 14.3 Å². The van der Waals surface area contributed by atoms with Gasteiger partial charge in [0.1, 0.15) is 0 Å². The predicted molar refractivity (Wildman–Crippen MR) is 79.0 cm³/mol. The lowest BCUT2D eigenvalue weighted by atomic mass is 10.0. The van der Waals surface area contributed by atoms with Gasteiger partial charge in [-0.3, -0.25) is 0 Å². The Morgan fingerprint density at radius 2 is 2.00 bits per heavy atom. The molecule has 0 saturated heterocycles. The zero-order valence-electron chi connectivity index (χ0n) is 11.2. The van der Waals surface area contributed by atoms with Gasteiger partial charge in [-0.25, -0.2) is 0 Å². The zero-order valence-corrected chi connectivity index (χ0v) is 11.9. The van der Waals surface area contributed by atoms with Crippen LogP contribution < -0.4 is 5.32 Å². The number of furan rings is 1. The Balaban J connectivity index is 1.79. The molecule has 21 heavy (non-hydrogen) atoms. The lowest BCUT2D eigenvalue weighted by molar-refractivity contribution is 0.454. The highest BCUT2D eigenvalue weighted by Crippen LogP contribution is 2.29. The van der Waals surface area contributed by atoms with Crippen molar-refractivity contribution >= 4 is 11.6 Å². The summed E-state index contributed by atoms with van der Waals surface area (Å²) in [5.74, 6) is 2.27. The summed E-state index contributed by atoms with van der Waals surface area (Å²) >= 11 is 5.85. The first-order valence-electron chi connectivity index (χ1n) is 6.80. The molecule has 0 saturated carbocycles. The Labute approximate surface area is 126 Å². The van der Waals surface area contributed by atoms with E-state index in [1.807, 2.05) is 24.3 Å². The van der Waals surface area contributed by atoms with Crippen molar-refractivity contribution in [2.45, 2.75) is 12.6 Å². The summed E-state index contributed by atoms with van der Waals surface area (Å²) in [6.07, 6.45) is 0. The van der Waals surface area contributed by atoms with Crippen LogP contribution in [-0.4, -0.2) is 21.3 Å². The van der Waals surface area contributed by atoms with Crippen LogP contribution in [0.4, 0.5) is 0 Å². The van der Waals surface area contributed by atoms with Crippen LogP contribution in [0.15, 0.2) is 46.9 Å². The molecule has 0 spiro atoms. The van der Waals surface area contributed by atoms with Crippen molar-refractivity contribution in [2.75, 3.05) is 6.54 Å². The summed E-state index contributed by atoms with van der Waals surface area (Å²) in [7, 11) is 0. The van der Waals surface area contributed by atoms with Gasteiger partial charge in [0.05, 0.1) is 6.04 Å². The maximum Gasteiger partial charge on any atom is 0.199 e. The number of fused-ring (bicyclic) bond motifs is 1. The number of nitrogens with one attached hydrogen (secondary N) is 1. The van der Waals surface area contributed by atoms with Crippen LogP contribution in [0.25, 0.3) is 11.6 Å². The molecule has 2 aromatic heterocycles. The molecule has 0 fully saturated rings. The van der Waals surface area contributed by atoms with E-state index in [2.05, 4.69) is 32.2 Å². The number of hydrogen-bond acceptors (Lipinski definition) is 4. The second-order valence-corrected chi connectivity index (χ2v) is 5.31. The molecule has 4 rings (SSSR count). The van der Waals surface area contributed by atoms with Crippen LogP contribution in [-0.2, 0) is 6.54 Å². The minimum Gasteiger partial charge on any atom is -0.441 e. The molecule has 0 bridgehead atoms. The van der Waals surface area contributed by atoms with E-state index in [1.165, 1.54) is 5.56 Å². The van der Waals surface area contributed by atoms with Gasteiger partial charge in [0.25, 0.3) is 0 Å². The molecule has 3 heterocycles. The van der Waals surface area contributed by atoms with E-state index in [9.17, 15) is 0 Å². The second-order valence-electron chi connectivity index (χ2n) is 4.94. The fourth-order valence-electron chi connectivity index (χ4n) is 2.69. The molecule has 1 N–H and O–H groups in total. The smallest absolute Gasteiger partial charge is 0.199 e. The zero-order chi connectivity index (χ0) is 14.2. The molecule has 0 aliphatic carbocycles. The summed E-state index contributed by atoms with van der Waals surface area (Å²) in [5, 5.41) is 12.5. The number of nitrogens with zero attached hydrogens (tertiary/aromatic N) is 3. The second kappa shape index (κ2) is 5.02. The molecule has 0 amide bonds. The fourth-order valence-corrected chi connectivity index (χ4v) is 2.84. The third-order valence-corrected chi connectivity index (χ3v) is 3.85. The van der Waals surface area contributed by atoms with Gasteiger partial charge in [-0.05, 0) is 29.3 Å². The number of benzene rings is 1. The lowest BCUT2D eigenvalue weighted by Gasteiger charge is -2.25. The average molecular weight is 301 g/mol. The van der Waals surface area contributed by atoms with E-state index in [4.69, 9.17) is 16.0 Å². The summed E-state index contributed by atoms with van der Waals surface area (Å²) < 4.78 is 7.54. The summed E-state index contributed by atoms with van der Waals surface area (Å²) in [4.78, 5) is 0. The molecule has 5 nitrogen and oxygen atoms in total. The van der Waals surface area contributed by atoms with Crippen LogP contribution in [0.5, 0.6) is 0 Å². The van der Waals surface area contributed by atoms with E-state index in [-0.39, 0.29) is 6.04 Å². The Morgan fingerprint density at radius 3 is 2.76 bits per heavy atom. The van der Waals surface area contributed by atoms with E-state index < -0.39 is 0 Å². The third kappa shape index (κ3) is 2.14. The molecule has 6 heteroatoms. The van der Waals surface area contributed by atoms with Gasteiger partial charge in [0.15, 0.2) is 22.6 Å². The Bertz CT molecular complexity index is 765. The number of halogens is 1. The molecule has 1 atom stereocenters. The number of hydrogen-bond donors (Lipinski definition) is 1. The van der Waals surface area contributed by atoms with E-state index in [0.29, 0.717) is 11.0 Å². The maximum atomic E-state index is 5.85. The van der Waals surface area contributed by atoms with Crippen LogP contribution in [0.1, 0.15) is 17.4 Å². The predicted octanol–water partition coefficient (Wildman–Crippen LogP) is 2.88. The van der Waals surface area contributed by atoms with Gasteiger partial charge in [0.2, 0.25) is 0 Å². The topological polar surface area (TPSA) is 55.9 Å². The van der Waals surface area contributed by atoms with E-state index in [1.54, 1.807) is 6.07 Å². The summed E-state index contributed by atoms with van der Waals surface area (Å²) in [5.41, 5.74) is 1.18. The van der Waals surface area contributed by atoms with Crippen molar-refractivity contribution in [1.29, 1.82) is 0 Å². The SMILES string of the molecule is Clc1ccc(-c2nnc3n2CCNC3c2ccccc2)o1. The minimum absolute atomic E-state index is 0.0478. The van der Waals surface area contributed by atoms with Crippen LogP contribution in [0.3, 0.4) is 0 Å². The molecule has 0 radical (unpaired) electrons. The Morgan fingerprint density at radius 1 is 1.14 bits per heavy atom. The van der Waals surface area contributed by atoms with Crippen molar-refractivity contribution in [3.8, 4) is 11.6 Å². The highest BCUT2D eigenvalue weighted by Gasteiger charge is 2.27. The lowest BCUT2D eigenvalue weighted by Crippen LogP contribution is -2.34. The maximum absolute atomic E-state index is 5.85. The van der Waals surface area contributed by atoms with E-state index in [0.717, 1.165) is 24.7 Å². The van der Waals surface area contributed by atoms with Gasteiger partial charge >= 0.3 is 0 Å². The molecule has 1 aliphatic rings. The first-order chi connectivity index (χ1) is 10.3. The quantitative estimate of drug-likeness (QED) is 0.790. The Kier molecular flexibility index (Phi) is 3.02. The van der Waals surface area contributed by atoms with Crippen LogP contribution >= 0.6 is 11.6 Å². The summed E-state index contributed by atoms with van der Waals surface area (Å²) in [6, 6.07) is 13.8. The fraction of sp³-hybridized carbons (Fsp3) is 0.200. The number of rotatable bonds is 2. The molecule has 1 unspecified atom stereocenters. The monoisotopic (exact) mass is 300 g/mol. The van der Waals surface area contributed by atoms with Crippen LogP contribution in [0, 0.1) is 0 Å². The molecular formula is C15H13ClN4O. The van der Waals surface area contributed by atoms with Crippen molar-refractivity contribution in [1.82, 2.24) is 20.1 Å². The van der Waals surface area contributed by atoms with Crippen molar-refractivity contribution in [2.24, 2.45) is 0 Å². The molecule has 106 valence electrons. The van der Waals surface area contributed by atoms with Gasteiger partial charge in [-0.2, -0.15) is 0 Å². The first kappa shape index (κ1) is 12.6. The largest absolute Gasteiger partial charge is 0.441 e. The molecule has 1 aromatic carbocycles. The number of aromatic nitrogens is 3. The van der Waals surface area contributed by atoms with Gasteiger partial charge in [0, 0.05) is 13.1 Å². The highest BCUT2D eigenvalue weighted by molar-refractivity contribution is 6.28. The molecule has 1 aliphatic heterocycles. The third-order valence-electron chi connectivity index (χ3n) is 3.65. The molecule has 3 aromatic rings. The molecular weight excluding hydrogens is 288 g/mol. The highest BCUT2D eigenvalue weighted by atomic mass is 35.5. The normalized spacial score (nSPS) is 17.7. The van der Waals surface area contributed by atoms with Crippen molar-refractivity contribution in [3.05, 3.63) is 59.1 Å². The minimum atomic E-state index is 0.0478. The van der Waals surface area contributed by atoms with E-state index >= 15 is 0 Å². The van der Waals surface area contributed by atoms with Gasteiger partial charge in [-0.15, -0.1) is 10.2 Å². The van der Waals surface area contributed by atoms with Gasteiger partial charge in [-0.1, -0.05) is 30.3 Å². The van der Waals surface area contributed by atoms with Crippen molar-refractivity contribution < 1.29 is 4.42 Å².